The lowest BCUT2D eigenvalue weighted by molar-refractivity contribution is 0.101. The fraction of sp³-hybridized carbons (Fsp3) is 0.167. The second kappa shape index (κ2) is 5.75. The monoisotopic (exact) mass is 203 g/mol. The molecule has 0 radical (unpaired) electrons. The van der Waals surface area contributed by atoms with Gasteiger partial charge in [-0.25, -0.2) is 0 Å². The number of hydrogen-bond donors (Lipinski definition) is 0. The molecule has 2 heterocycles. The number of furan rings is 1. The van der Waals surface area contributed by atoms with Crippen LogP contribution >= 0.6 is 0 Å². The molecule has 3 heteroatoms. The van der Waals surface area contributed by atoms with Crippen LogP contribution in [0, 0.1) is 0 Å². The summed E-state index contributed by atoms with van der Waals surface area (Å²) in [6.45, 7) is 4.00. The summed E-state index contributed by atoms with van der Waals surface area (Å²) in [4.78, 5) is 15.4. The van der Waals surface area contributed by atoms with E-state index < -0.39 is 0 Å². The van der Waals surface area contributed by atoms with Crippen LogP contribution in [-0.2, 0) is 0 Å². The number of ketones is 1. The molecule has 0 atom stereocenters. The summed E-state index contributed by atoms with van der Waals surface area (Å²) >= 11 is 0. The van der Waals surface area contributed by atoms with E-state index >= 15 is 0 Å². The van der Waals surface area contributed by atoms with Gasteiger partial charge in [-0.1, -0.05) is 13.8 Å². The van der Waals surface area contributed by atoms with Crippen LogP contribution in [0.2, 0.25) is 0 Å². The van der Waals surface area contributed by atoms with E-state index in [4.69, 9.17) is 4.42 Å². The van der Waals surface area contributed by atoms with Gasteiger partial charge in [0.1, 0.15) is 0 Å². The van der Waals surface area contributed by atoms with Gasteiger partial charge in [-0.3, -0.25) is 9.78 Å². The molecule has 0 spiro atoms. The molecule has 15 heavy (non-hydrogen) atoms. The zero-order valence-electron chi connectivity index (χ0n) is 8.81. The van der Waals surface area contributed by atoms with Crippen LogP contribution in [-0.4, -0.2) is 10.8 Å². The van der Waals surface area contributed by atoms with Crippen molar-refractivity contribution >= 4 is 5.78 Å². The molecule has 0 saturated carbocycles. The van der Waals surface area contributed by atoms with Gasteiger partial charge in [0.15, 0.2) is 5.76 Å². The van der Waals surface area contributed by atoms with Crippen molar-refractivity contribution in [3.63, 3.8) is 0 Å². The van der Waals surface area contributed by atoms with E-state index in [1.54, 1.807) is 30.5 Å². The molecule has 0 aliphatic carbocycles. The zero-order chi connectivity index (χ0) is 11.1. The van der Waals surface area contributed by atoms with E-state index in [0.717, 1.165) is 0 Å². The topological polar surface area (TPSA) is 43.1 Å². The first-order chi connectivity index (χ1) is 7.38. The minimum absolute atomic E-state index is 0.141. The number of carbonyl (C=O) groups excluding carboxylic acids is 1. The van der Waals surface area contributed by atoms with Crippen LogP contribution in [0.4, 0.5) is 0 Å². The Morgan fingerprint density at radius 2 is 2.07 bits per heavy atom. The first kappa shape index (κ1) is 11.2. The lowest BCUT2D eigenvalue weighted by Gasteiger charge is -1.94. The summed E-state index contributed by atoms with van der Waals surface area (Å²) in [5.74, 6) is 0.200. The van der Waals surface area contributed by atoms with Crippen molar-refractivity contribution in [1.82, 2.24) is 4.98 Å². The molecule has 0 aliphatic rings. The summed E-state index contributed by atoms with van der Waals surface area (Å²) in [5.41, 5.74) is 0.539. The zero-order valence-corrected chi connectivity index (χ0v) is 8.81. The van der Waals surface area contributed by atoms with Gasteiger partial charge in [0, 0.05) is 18.0 Å². The number of aromatic nitrogens is 1. The average molecular weight is 203 g/mol. The summed E-state index contributed by atoms with van der Waals surface area (Å²) in [6.07, 6.45) is 4.62. The van der Waals surface area contributed by atoms with Gasteiger partial charge in [0.25, 0.3) is 0 Å². The highest BCUT2D eigenvalue weighted by Crippen LogP contribution is 2.08. The first-order valence-corrected chi connectivity index (χ1v) is 4.86. The van der Waals surface area contributed by atoms with Gasteiger partial charge in [-0.05, 0) is 24.3 Å². The highest BCUT2D eigenvalue weighted by molar-refractivity contribution is 6.06. The van der Waals surface area contributed by atoms with Crippen LogP contribution in [0.15, 0.2) is 47.3 Å². The van der Waals surface area contributed by atoms with Crippen LogP contribution in [0.1, 0.15) is 30.0 Å². The maximum Gasteiger partial charge on any atom is 0.229 e. The number of rotatable bonds is 2. The van der Waals surface area contributed by atoms with Crippen molar-refractivity contribution in [2.75, 3.05) is 0 Å². The third-order valence-electron chi connectivity index (χ3n) is 1.67. The summed E-state index contributed by atoms with van der Waals surface area (Å²) in [6, 6.07) is 6.74. The Labute approximate surface area is 88.8 Å². The van der Waals surface area contributed by atoms with Crippen molar-refractivity contribution in [1.29, 1.82) is 0 Å². The number of carbonyl (C=O) groups is 1. The Balaban J connectivity index is 0.000000531. The van der Waals surface area contributed by atoms with E-state index in [1.165, 1.54) is 12.5 Å². The summed E-state index contributed by atoms with van der Waals surface area (Å²) in [5, 5.41) is 0. The molecule has 0 unspecified atom stereocenters. The summed E-state index contributed by atoms with van der Waals surface area (Å²) in [7, 11) is 0. The van der Waals surface area contributed by atoms with E-state index in [9.17, 15) is 4.79 Å². The second-order valence-electron chi connectivity index (χ2n) is 2.55. The largest absolute Gasteiger partial charge is 0.461 e. The number of pyridine rings is 1. The molecule has 2 rings (SSSR count). The van der Waals surface area contributed by atoms with Crippen LogP contribution < -0.4 is 0 Å². The predicted molar refractivity (Wildman–Crippen MR) is 57.7 cm³/mol. The molecule has 0 N–H and O–H groups in total. The average Bonchev–Trinajstić information content (AvgIpc) is 2.85. The summed E-state index contributed by atoms with van der Waals surface area (Å²) < 4.78 is 4.97. The Morgan fingerprint density at radius 3 is 2.60 bits per heavy atom. The van der Waals surface area contributed by atoms with Crippen molar-refractivity contribution in [3.8, 4) is 0 Å². The molecule has 0 fully saturated rings. The molecular formula is C12H13NO2. The molecule has 78 valence electrons. The Hall–Kier alpha value is -1.90. The molecule has 3 nitrogen and oxygen atoms in total. The van der Waals surface area contributed by atoms with Crippen molar-refractivity contribution < 1.29 is 9.21 Å². The Bertz CT molecular complexity index is 393. The van der Waals surface area contributed by atoms with E-state index in [0.29, 0.717) is 11.3 Å². The van der Waals surface area contributed by atoms with Crippen LogP contribution in [0.5, 0.6) is 0 Å². The maximum absolute atomic E-state index is 11.6. The quantitative estimate of drug-likeness (QED) is 0.705. The minimum atomic E-state index is -0.141. The first-order valence-electron chi connectivity index (χ1n) is 4.86. The van der Waals surface area contributed by atoms with E-state index in [2.05, 4.69) is 4.98 Å². The van der Waals surface area contributed by atoms with Gasteiger partial charge in [0.05, 0.1) is 6.26 Å². The van der Waals surface area contributed by atoms with Gasteiger partial charge in [-0.15, -0.1) is 0 Å². The normalized spacial score (nSPS) is 8.93. The number of hydrogen-bond acceptors (Lipinski definition) is 3. The smallest absolute Gasteiger partial charge is 0.229 e. The fourth-order valence-electron chi connectivity index (χ4n) is 1.05. The molecule has 0 aliphatic heterocycles. The van der Waals surface area contributed by atoms with Gasteiger partial charge in [0.2, 0.25) is 5.78 Å². The molecule has 0 bridgehead atoms. The van der Waals surface area contributed by atoms with Gasteiger partial charge >= 0.3 is 0 Å². The highest BCUT2D eigenvalue weighted by atomic mass is 16.3. The van der Waals surface area contributed by atoms with Crippen molar-refractivity contribution in [2.45, 2.75) is 13.8 Å². The van der Waals surface area contributed by atoms with Gasteiger partial charge < -0.3 is 4.42 Å². The third kappa shape index (κ3) is 2.77. The Kier molecular flexibility index (Phi) is 4.29. The van der Waals surface area contributed by atoms with E-state index in [-0.39, 0.29) is 5.78 Å². The number of nitrogens with zero attached hydrogens (tertiary/aromatic N) is 1. The second-order valence-corrected chi connectivity index (χ2v) is 2.55. The predicted octanol–water partition coefficient (Wildman–Crippen LogP) is 2.93. The molecule has 0 saturated heterocycles. The van der Waals surface area contributed by atoms with Gasteiger partial charge in [-0.2, -0.15) is 0 Å². The molecule has 0 amide bonds. The third-order valence-corrected chi connectivity index (χ3v) is 1.67. The molecular weight excluding hydrogens is 190 g/mol. The maximum atomic E-state index is 11.6. The van der Waals surface area contributed by atoms with Crippen LogP contribution in [0.3, 0.4) is 0 Å². The lowest BCUT2D eigenvalue weighted by atomic mass is 10.1. The lowest BCUT2D eigenvalue weighted by Crippen LogP contribution is -1.99. The highest BCUT2D eigenvalue weighted by Gasteiger charge is 2.10. The van der Waals surface area contributed by atoms with Crippen molar-refractivity contribution in [3.05, 3.63) is 54.2 Å². The molecule has 2 aromatic heterocycles. The molecule has 2 aromatic rings. The fourth-order valence-corrected chi connectivity index (χ4v) is 1.05. The van der Waals surface area contributed by atoms with Crippen molar-refractivity contribution in [2.24, 2.45) is 0 Å². The Morgan fingerprint density at radius 1 is 1.27 bits per heavy atom. The minimum Gasteiger partial charge on any atom is -0.461 e. The molecule has 0 aromatic carbocycles. The van der Waals surface area contributed by atoms with E-state index in [1.807, 2.05) is 13.8 Å². The SMILES string of the molecule is CC.O=C(c1cccnc1)c1ccco1. The van der Waals surface area contributed by atoms with Crippen LogP contribution in [0.25, 0.3) is 0 Å². The standard InChI is InChI=1S/C10H7NO2.C2H6/c12-10(9-4-2-6-13-9)8-3-1-5-11-7-8;1-2/h1-7H;1-2H3.